The highest BCUT2D eigenvalue weighted by molar-refractivity contribution is 7.64. The van der Waals surface area contributed by atoms with E-state index in [0.29, 0.717) is 37.5 Å². The Kier molecular flexibility index (Phi) is 6.65. The highest BCUT2D eigenvalue weighted by Gasteiger charge is 2.34. The zero-order chi connectivity index (χ0) is 19.1. The van der Waals surface area contributed by atoms with Crippen LogP contribution in [-0.4, -0.2) is 27.0 Å². The Morgan fingerprint density at radius 1 is 0.963 bits per heavy atom. The lowest BCUT2D eigenvalue weighted by molar-refractivity contribution is 0.237. The Morgan fingerprint density at radius 2 is 1.48 bits per heavy atom. The van der Waals surface area contributed by atoms with E-state index < -0.39 is 13.0 Å². The van der Waals surface area contributed by atoms with E-state index in [1.165, 1.54) is 0 Å². The first-order valence-corrected chi connectivity index (χ1v) is 11.6. The second-order valence-electron chi connectivity index (χ2n) is 6.82. The molecule has 0 aliphatic rings. The normalized spacial score (nSPS) is 12.8. The molecule has 2 aromatic carbocycles. The summed E-state index contributed by atoms with van der Waals surface area (Å²) in [7, 11) is -2.90. The van der Waals surface area contributed by atoms with Crippen molar-refractivity contribution >= 4 is 7.14 Å². The SMILES string of the molecule is CCn1ccnc1C(O)P(=O)(CCc1ccccc1)CCc1ccccc1. The van der Waals surface area contributed by atoms with Crippen LogP contribution in [0.15, 0.2) is 73.1 Å². The monoisotopic (exact) mass is 382 g/mol. The zero-order valence-electron chi connectivity index (χ0n) is 15.7. The lowest BCUT2D eigenvalue weighted by Crippen LogP contribution is -2.14. The molecule has 0 aliphatic carbocycles. The van der Waals surface area contributed by atoms with Crippen LogP contribution in [-0.2, 0) is 24.0 Å². The van der Waals surface area contributed by atoms with Crippen molar-refractivity contribution in [3.63, 3.8) is 0 Å². The molecule has 0 saturated carbocycles. The van der Waals surface area contributed by atoms with Crippen molar-refractivity contribution in [2.45, 2.75) is 32.2 Å². The average Bonchev–Trinajstić information content (AvgIpc) is 3.20. The molecular formula is C22H27N2O2P. The van der Waals surface area contributed by atoms with Gasteiger partial charge in [-0.25, -0.2) is 4.98 Å². The van der Waals surface area contributed by atoms with E-state index in [0.717, 1.165) is 11.1 Å². The second-order valence-corrected chi connectivity index (χ2v) is 10.1. The average molecular weight is 382 g/mol. The van der Waals surface area contributed by atoms with Gasteiger partial charge in [0, 0.05) is 31.3 Å². The molecule has 142 valence electrons. The maximum Gasteiger partial charge on any atom is 0.164 e. The standard InChI is InChI=1S/C22H27N2O2P/c1-2-24-16-15-23-21(24)22(25)27(26,17-13-19-9-5-3-6-10-19)18-14-20-11-7-4-8-12-20/h3-12,15-16,22,25H,2,13-14,17-18H2,1H3. The Bertz CT molecular complexity index is 830. The van der Waals surface area contributed by atoms with E-state index in [1.807, 2.05) is 78.4 Å². The fraction of sp³-hybridized carbons (Fsp3) is 0.318. The van der Waals surface area contributed by atoms with Crippen LogP contribution in [0.25, 0.3) is 0 Å². The van der Waals surface area contributed by atoms with Gasteiger partial charge >= 0.3 is 0 Å². The third-order valence-corrected chi connectivity index (χ3v) is 8.09. The summed E-state index contributed by atoms with van der Waals surface area (Å²) in [6.07, 6.45) is 5.83. The molecule has 0 aliphatic heterocycles. The predicted octanol–water partition coefficient (Wildman–Crippen LogP) is 4.74. The molecule has 1 unspecified atom stereocenters. The van der Waals surface area contributed by atoms with Gasteiger partial charge in [0.15, 0.2) is 5.85 Å². The van der Waals surface area contributed by atoms with Crippen molar-refractivity contribution in [2.24, 2.45) is 0 Å². The summed E-state index contributed by atoms with van der Waals surface area (Å²) in [6, 6.07) is 20.1. The van der Waals surface area contributed by atoms with Gasteiger partial charge in [-0.1, -0.05) is 60.7 Å². The lowest BCUT2D eigenvalue weighted by atomic mass is 10.2. The molecular weight excluding hydrogens is 355 g/mol. The van der Waals surface area contributed by atoms with Gasteiger partial charge in [-0.3, -0.25) is 0 Å². The van der Waals surface area contributed by atoms with E-state index in [4.69, 9.17) is 0 Å². The summed E-state index contributed by atoms with van der Waals surface area (Å²) >= 11 is 0. The predicted molar refractivity (Wildman–Crippen MR) is 110 cm³/mol. The van der Waals surface area contributed by atoms with E-state index in [2.05, 4.69) is 4.98 Å². The summed E-state index contributed by atoms with van der Waals surface area (Å²) in [5, 5.41) is 11.0. The maximum atomic E-state index is 13.9. The highest BCUT2D eigenvalue weighted by atomic mass is 31.2. The Balaban J connectivity index is 1.81. The van der Waals surface area contributed by atoms with Crippen LogP contribution < -0.4 is 0 Å². The van der Waals surface area contributed by atoms with Crippen LogP contribution in [0, 0.1) is 0 Å². The molecule has 0 saturated heterocycles. The molecule has 1 N–H and O–H groups in total. The summed E-state index contributed by atoms with van der Waals surface area (Å²) in [5.41, 5.74) is 2.28. The molecule has 3 rings (SSSR count). The summed E-state index contributed by atoms with van der Waals surface area (Å²) < 4.78 is 15.8. The fourth-order valence-corrected chi connectivity index (χ4v) is 5.94. The Labute approximate surface area is 161 Å². The van der Waals surface area contributed by atoms with E-state index in [-0.39, 0.29) is 0 Å². The molecule has 1 aromatic heterocycles. The molecule has 0 radical (unpaired) electrons. The molecule has 1 heterocycles. The zero-order valence-corrected chi connectivity index (χ0v) is 16.6. The quantitative estimate of drug-likeness (QED) is 0.544. The van der Waals surface area contributed by atoms with Gasteiger partial charge in [-0.2, -0.15) is 0 Å². The molecule has 0 bridgehead atoms. The number of aromatic nitrogens is 2. The largest absolute Gasteiger partial charge is 0.377 e. The Morgan fingerprint density at radius 3 is 1.96 bits per heavy atom. The first-order valence-electron chi connectivity index (χ1n) is 9.47. The third-order valence-electron chi connectivity index (χ3n) is 5.01. The van der Waals surface area contributed by atoms with Crippen LogP contribution >= 0.6 is 7.14 Å². The molecule has 0 amide bonds. The van der Waals surface area contributed by atoms with Crippen molar-refractivity contribution in [3.8, 4) is 0 Å². The van der Waals surface area contributed by atoms with Gasteiger partial charge in [-0.05, 0) is 30.9 Å². The molecule has 0 fully saturated rings. The number of rotatable bonds is 9. The van der Waals surface area contributed by atoms with Crippen molar-refractivity contribution in [3.05, 3.63) is 90.0 Å². The summed E-state index contributed by atoms with van der Waals surface area (Å²) in [5.74, 6) is -0.512. The van der Waals surface area contributed by atoms with Gasteiger partial charge in [0.25, 0.3) is 0 Å². The van der Waals surface area contributed by atoms with Crippen molar-refractivity contribution in [2.75, 3.05) is 12.3 Å². The maximum absolute atomic E-state index is 13.9. The number of aliphatic hydroxyl groups excluding tert-OH is 1. The summed E-state index contributed by atoms with van der Waals surface area (Å²) in [4.78, 5) is 4.30. The minimum atomic E-state index is -2.90. The smallest absolute Gasteiger partial charge is 0.164 e. The molecule has 27 heavy (non-hydrogen) atoms. The number of imidazole rings is 1. The number of aryl methyl sites for hydroxylation is 3. The van der Waals surface area contributed by atoms with Gasteiger partial charge in [-0.15, -0.1) is 0 Å². The van der Waals surface area contributed by atoms with Crippen LogP contribution in [0.2, 0.25) is 0 Å². The van der Waals surface area contributed by atoms with Crippen LogP contribution in [0.1, 0.15) is 29.7 Å². The van der Waals surface area contributed by atoms with E-state index in [9.17, 15) is 9.67 Å². The molecule has 0 spiro atoms. The number of benzene rings is 2. The summed E-state index contributed by atoms with van der Waals surface area (Å²) in [6.45, 7) is 2.69. The number of nitrogens with zero attached hydrogens (tertiary/aromatic N) is 2. The van der Waals surface area contributed by atoms with Gasteiger partial charge in [0.2, 0.25) is 0 Å². The van der Waals surface area contributed by atoms with Crippen LogP contribution in [0.3, 0.4) is 0 Å². The number of hydrogen-bond donors (Lipinski definition) is 1. The van der Waals surface area contributed by atoms with E-state index >= 15 is 0 Å². The third kappa shape index (κ3) is 4.97. The molecule has 3 aromatic rings. The minimum Gasteiger partial charge on any atom is -0.377 e. The van der Waals surface area contributed by atoms with Gasteiger partial charge in [0.05, 0.1) is 0 Å². The van der Waals surface area contributed by atoms with Crippen LogP contribution in [0.5, 0.6) is 0 Å². The minimum absolute atomic E-state index is 0.474. The van der Waals surface area contributed by atoms with Gasteiger partial charge in [0.1, 0.15) is 13.0 Å². The topological polar surface area (TPSA) is 55.1 Å². The van der Waals surface area contributed by atoms with Crippen molar-refractivity contribution in [1.29, 1.82) is 0 Å². The second kappa shape index (κ2) is 9.16. The van der Waals surface area contributed by atoms with Gasteiger partial charge < -0.3 is 14.2 Å². The molecule has 5 heteroatoms. The Hall–Kier alpha value is -2.16. The molecule has 1 atom stereocenters. The van der Waals surface area contributed by atoms with Crippen molar-refractivity contribution in [1.82, 2.24) is 9.55 Å². The first-order chi connectivity index (χ1) is 13.1. The molecule has 4 nitrogen and oxygen atoms in total. The fourth-order valence-electron chi connectivity index (χ4n) is 3.32. The van der Waals surface area contributed by atoms with Crippen molar-refractivity contribution < 1.29 is 9.67 Å². The lowest BCUT2D eigenvalue weighted by Gasteiger charge is -2.24. The highest BCUT2D eigenvalue weighted by Crippen LogP contribution is 2.57. The number of aliphatic hydroxyl groups is 1. The van der Waals surface area contributed by atoms with E-state index in [1.54, 1.807) is 6.20 Å². The number of hydrogen-bond acceptors (Lipinski definition) is 3. The first kappa shape index (κ1) is 19.6. The van der Waals surface area contributed by atoms with Crippen LogP contribution in [0.4, 0.5) is 0 Å².